The summed E-state index contributed by atoms with van der Waals surface area (Å²) in [5, 5.41) is 7.89. The summed E-state index contributed by atoms with van der Waals surface area (Å²) in [6.07, 6.45) is -3.73. The number of alkyl halides is 3. The van der Waals surface area contributed by atoms with Crippen molar-refractivity contribution in [3.63, 3.8) is 0 Å². The first-order valence-corrected chi connectivity index (χ1v) is 7.26. The molecular formula is C15H16F3N3O2. The maximum atomic E-state index is 12.1. The molecule has 5 nitrogen and oxygen atoms in total. The molecule has 0 radical (unpaired) electrons. The predicted octanol–water partition coefficient (Wildman–Crippen LogP) is 3.27. The van der Waals surface area contributed by atoms with Crippen molar-refractivity contribution in [3.05, 3.63) is 41.6 Å². The number of aromatic nitrogens is 2. The number of halogens is 3. The van der Waals surface area contributed by atoms with Crippen LogP contribution in [0.4, 0.5) is 13.2 Å². The molecule has 0 saturated carbocycles. The lowest BCUT2D eigenvalue weighted by Crippen LogP contribution is -2.20. The molecule has 1 fully saturated rings. The second-order valence-electron chi connectivity index (χ2n) is 5.57. The van der Waals surface area contributed by atoms with Crippen molar-refractivity contribution < 1.29 is 22.3 Å². The van der Waals surface area contributed by atoms with Gasteiger partial charge in [-0.2, -0.15) is 0 Å². The van der Waals surface area contributed by atoms with Gasteiger partial charge in [-0.15, -0.1) is 23.4 Å². The molecule has 0 amide bonds. The first kappa shape index (κ1) is 15.8. The molecule has 3 rings (SSSR count). The Kier molecular flexibility index (Phi) is 4.25. The molecule has 8 heteroatoms. The van der Waals surface area contributed by atoms with Crippen LogP contribution in [0.3, 0.4) is 0 Å². The molecule has 23 heavy (non-hydrogen) atoms. The summed E-state index contributed by atoms with van der Waals surface area (Å²) < 4.78 is 45.7. The summed E-state index contributed by atoms with van der Waals surface area (Å²) in [7, 11) is 0. The molecule has 0 aliphatic carbocycles. The average Bonchev–Trinajstić information content (AvgIpc) is 3.08. The van der Waals surface area contributed by atoms with Crippen molar-refractivity contribution in [2.75, 3.05) is 13.1 Å². The van der Waals surface area contributed by atoms with Crippen LogP contribution >= 0.6 is 0 Å². The molecule has 124 valence electrons. The minimum Gasteiger partial charge on any atom is -0.425 e. The molecule has 0 bridgehead atoms. The fourth-order valence-electron chi connectivity index (χ4n) is 2.71. The third-order valence-electron chi connectivity index (χ3n) is 3.73. The maximum absolute atomic E-state index is 12.1. The van der Waals surface area contributed by atoms with E-state index in [0.717, 1.165) is 25.1 Å². The lowest BCUT2D eigenvalue weighted by molar-refractivity contribution is -0.274. The highest BCUT2D eigenvalue weighted by Gasteiger charge is 2.31. The van der Waals surface area contributed by atoms with E-state index in [4.69, 9.17) is 4.42 Å². The Labute approximate surface area is 131 Å². The number of benzene rings is 1. The molecule has 0 N–H and O–H groups in total. The Hall–Kier alpha value is -2.09. The monoisotopic (exact) mass is 327 g/mol. The predicted molar refractivity (Wildman–Crippen MR) is 74.8 cm³/mol. The lowest BCUT2D eigenvalue weighted by atomic mass is 10.1. The van der Waals surface area contributed by atoms with Crippen LogP contribution in [0.5, 0.6) is 5.75 Å². The summed E-state index contributed by atoms with van der Waals surface area (Å²) in [5.41, 5.74) is 0.932. The van der Waals surface area contributed by atoms with Crippen LogP contribution in [-0.2, 0) is 6.54 Å². The van der Waals surface area contributed by atoms with Crippen molar-refractivity contribution in [2.45, 2.75) is 32.2 Å². The summed E-state index contributed by atoms with van der Waals surface area (Å²) in [4.78, 5) is 2.21. The van der Waals surface area contributed by atoms with Crippen LogP contribution < -0.4 is 4.74 Å². The first-order chi connectivity index (χ1) is 10.9. The van der Waals surface area contributed by atoms with Gasteiger partial charge in [-0.3, -0.25) is 4.90 Å². The van der Waals surface area contributed by atoms with E-state index in [9.17, 15) is 13.2 Å². The quantitative estimate of drug-likeness (QED) is 0.863. The number of nitrogens with zero attached hydrogens (tertiary/aromatic N) is 3. The van der Waals surface area contributed by atoms with Crippen molar-refractivity contribution in [1.82, 2.24) is 15.1 Å². The van der Waals surface area contributed by atoms with Crippen LogP contribution in [0.1, 0.15) is 29.7 Å². The van der Waals surface area contributed by atoms with Gasteiger partial charge in [0.2, 0.25) is 11.8 Å². The van der Waals surface area contributed by atoms with Crippen LogP contribution in [0.2, 0.25) is 0 Å². The summed E-state index contributed by atoms with van der Waals surface area (Å²) in [6, 6.07) is 5.95. The largest absolute Gasteiger partial charge is 0.573 e. The van der Waals surface area contributed by atoms with E-state index in [1.165, 1.54) is 12.1 Å². The van der Waals surface area contributed by atoms with Gasteiger partial charge in [0.05, 0.1) is 5.92 Å². The minimum atomic E-state index is -4.66. The number of hydrogen-bond acceptors (Lipinski definition) is 5. The van der Waals surface area contributed by atoms with Crippen LogP contribution in [-0.4, -0.2) is 34.5 Å². The number of ether oxygens (including phenoxy) is 1. The van der Waals surface area contributed by atoms with Gasteiger partial charge in [0.15, 0.2) is 0 Å². The number of rotatable bonds is 4. The molecule has 0 unspecified atom stereocenters. The average molecular weight is 327 g/mol. The SMILES string of the molecule is Cc1nnc([C@H]2CCN(Cc3ccc(OC(F)(F)F)cc3)C2)o1. The zero-order valence-electron chi connectivity index (χ0n) is 12.5. The molecule has 0 spiro atoms. The second-order valence-corrected chi connectivity index (χ2v) is 5.57. The highest BCUT2D eigenvalue weighted by atomic mass is 19.4. The Morgan fingerprint density at radius 1 is 1.26 bits per heavy atom. The smallest absolute Gasteiger partial charge is 0.425 e. The topological polar surface area (TPSA) is 51.4 Å². The van der Waals surface area contributed by atoms with E-state index in [1.54, 1.807) is 19.1 Å². The van der Waals surface area contributed by atoms with Crippen molar-refractivity contribution in [1.29, 1.82) is 0 Å². The number of aryl methyl sites for hydroxylation is 1. The molecule has 2 heterocycles. The third kappa shape index (κ3) is 4.22. The van der Waals surface area contributed by atoms with Crippen LogP contribution in [0.25, 0.3) is 0 Å². The van der Waals surface area contributed by atoms with Gasteiger partial charge >= 0.3 is 6.36 Å². The van der Waals surface area contributed by atoms with Gasteiger partial charge in [-0.1, -0.05) is 12.1 Å². The normalized spacial score (nSPS) is 19.2. The van der Waals surface area contributed by atoms with Gasteiger partial charge in [-0.25, -0.2) is 0 Å². The van der Waals surface area contributed by atoms with Gasteiger partial charge in [-0.05, 0) is 30.7 Å². The van der Waals surface area contributed by atoms with Crippen molar-refractivity contribution >= 4 is 0 Å². The van der Waals surface area contributed by atoms with Crippen LogP contribution in [0, 0.1) is 6.92 Å². The van der Waals surface area contributed by atoms with Gasteiger partial charge in [0, 0.05) is 20.0 Å². The van der Waals surface area contributed by atoms with E-state index in [1.807, 2.05) is 0 Å². The molecule has 1 aromatic carbocycles. The summed E-state index contributed by atoms with van der Waals surface area (Å²) in [5.74, 6) is 1.21. The van der Waals surface area contributed by atoms with Gasteiger partial charge in [0.1, 0.15) is 5.75 Å². The van der Waals surface area contributed by atoms with E-state index in [2.05, 4.69) is 19.8 Å². The number of hydrogen-bond donors (Lipinski definition) is 0. The summed E-state index contributed by atoms with van der Waals surface area (Å²) in [6.45, 7) is 4.10. The zero-order chi connectivity index (χ0) is 16.4. The Morgan fingerprint density at radius 2 is 2.00 bits per heavy atom. The lowest BCUT2D eigenvalue weighted by Gasteiger charge is -2.16. The van der Waals surface area contributed by atoms with E-state index in [0.29, 0.717) is 18.3 Å². The Bertz CT molecular complexity index is 655. The number of likely N-dealkylation sites (tertiary alicyclic amines) is 1. The molecule has 1 aliphatic heterocycles. The highest BCUT2D eigenvalue weighted by molar-refractivity contribution is 5.27. The second kappa shape index (κ2) is 6.19. The van der Waals surface area contributed by atoms with E-state index >= 15 is 0 Å². The van der Waals surface area contributed by atoms with E-state index in [-0.39, 0.29) is 11.7 Å². The third-order valence-corrected chi connectivity index (χ3v) is 3.73. The maximum Gasteiger partial charge on any atom is 0.573 e. The Morgan fingerprint density at radius 3 is 2.61 bits per heavy atom. The van der Waals surface area contributed by atoms with E-state index < -0.39 is 6.36 Å². The Balaban J connectivity index is 1.56. The standard InChI is InChI=1S/C15H16F3N3O2/c1-10-19-20-14(22-10)12-6-7-21(9-12)8-11-2-4-13(5-3-11)23-15(16,17)18/h2-5,12H,6-9H2,1H3/t12-/m0/s1. The van der Waals surface area contributed by atoms with Crippen molar-refractivity contribution in [3.8, 4) is 5.75 Å². The molecular weight excluding hydrogens is 311 g/mol. The molecule has 1 aromatic heterocycles. The highest BCUT2D eigenvalue weighted by Crippen LogP contribution is 2.28. The minimum absolute atomic E-state index is 0.207. The fourth-order valence-corrected chi connectivity index (χ4v) is 2.71. The molecule has 1 aliphatic rings. The van der Waals surface area contributed by atoms with Gasteiger partial charge < -0.3 is 9.15 Å². The molecule has 1 atom stereocenters. The van der Waals surface area contributed by atoms with Crippen LogP contribution in [0.15, 0.2) is 28.7 Å². The fraction of sp³-hybridized carbons (Fsp3) is 0.467. The molecule has 2 aromatic rings. The zero-order valence-corrected chi connectivity index (χ0v) is 12.5. The summed E-state index contributed by atoms with van der Waals surface area (Å²) >= 11 is 0. The van der Waals surface area contributed by atoms with Crippen molar-refractivity contribution in [2.24, 2.45) is 0 Å². The molecule has 1 saturated heterocycles. The first-order valence-electron chi connectivity index (χ1n) is 7.26. The van der Waals surface area contributed by atoms with Gasteiger partial charge in [0.25, 0.3) is 0 Å².